The lowest BCUT2D eigenvalue weighted by molar-refractivity contribution is 0.903. The van der Waals surface area contributed by atoms with Crippen LogP contribution in [-0.4, -0.2) is 24.7 Å². The van der Waals surface area contributed by atoms with Crippen molar-refractivity contribution < 1.29 is 0 Å². The first-order valence-electron chi connectivity index (χ1n) is 3.18. The average molecular weight is 273 g/mol. The zero-order valence-electron chi connectivity index (χ0n) is 5.86. The Balaban J connectivity index is 2.89. The van der Waals surface area contributed by atoms with Crippen LogP contribution >= 0.6 is 22.4 Å². The molecule has 2 rings (SSSR count). The summed E-state index contributed by atoms with van der Waals surface area (Å²) in [4.78, 5) is 17.6. The van der Waals surface area contributed by atoms with Gasteiger partial charge in [0.1, 0.15) is 11.8 Å². The zero-order valence-corrected chi connectivity index (χ0v) is 8.02. The van der Waals surface area contributed by atoms with E-state index >= 15 is 0 Å². The van der Waals surface area contributed by atoms with Gasteiger partial charge in [-0.1, -0.05) is 0 Å². The van der Waals surface area contributed by atoms with Gasteiger partial charge < -0.3 is 4.98 Å². The first-order chi connectivity index (χ1) is 5.83. The van der Waals surface area contributed by atoms with Gasteiger partial charge in [-0.15, -0.1) is 22.4 Å². The lowest BCUT2D eigenvalue weighted by atomic mass is 10.1. The maximum atomic E-state index is 11.1. The number of nitrogens with one attached hydrogen (secondary N) is 1. The van der Waals surface area contributed by atoms with E-state index in [9.17, 15) is 4.79 Å². The van der Waals surface area contributed by atoms with Gasteiger partial charge in [-0.25, -0.2) is 9.50 Å². The Labute approximate surface area is 81.3 Å². The molecule has 0 amide bonds. The van der Waals surface area contributed by atoms with E-state index in [0.29, 0.717) is 11.2 Å². The molecule has 0 saturated heterocycles. The van der Waals surface area contributed by atoms with Crippen molar-refractivity contribution >= 4 is 38.8 Å². The molecule has 0 aliphatic rings. The van der Waals surface area contributed by atoms with Crippen molar-refractivity contribution in [3.8, 4) is 0 Å². The second kappa shape index (κ2) is 2.89. The van der Waals surface area contributed by atoms with Crippen LogP contribution in [0.25, 0.3) is 5.52 Å². The lowest BCUT2D eigenvalue weighted by Gasteiger charge is -1.92. The number of H-pyrrole nitrogens is 1. The molecule has 0 spiro atoms. The van der Waals surface area contributed by atoms with Gasteiger partial charge in [0.05, 0.1) is 11.9 Å². The minimum absolute atomic E-state index is 0.179. The van der Waals surface area contributed by atoms with Crippen LogP contribution in [0.3, 0.4) is 0 Å². The predicted octanol–water partition coefficient (Wildman–Crippen LogP) is -0.903. The van der Waals surface area contributed by atoms with Gasteiger partial charge in [0.2, 0.25) is 0 Å². The Morgan fingerprint density at radius 2 is 2.50 bits per heavy atom. The molecule has 2 heterocycles. The highest BCUT2D eigenvalue weighted by atomic mass is 127. The van der Waals surface area contributed by atoms with Gasteiger partial charge in [0, 0.05) is 0 Å². The van der Waals surface area contributed by atoms with Crippen LogP contribution in [0.1, 0.15) is 0 Å². The van der Waals surface area contributed by atoms with Crippen LogP contribution in [0.4, 0.5) is 0 Å². The molecule has 0 unspecified atom stereocenters. The molecule has 59 valence electrons. The molecule has 1 N–H and O–H groups in total. The molecule has 0 aliphatic carbocycles. The smallest absolute Gasteiger partial charge is 0.289 e. The first kappa shape index (κ1) is 7.78. The Bertz CT molecular complexity index is 464. The summed E-state index contributed by atoms with van der Waals surface area (Å²) >= 11 is 2.05. The Morgan fingerprint density at radius 1 is 1.67 bits per heavy atom. The SMILES string of the molecule is O=c1[nH]cnn2c([B]I)ncc12. The summed E-state index contributed by atoms with van der Waals surface area (Å²) in [7, 11) is 0. The Hall–Kier alpha value is -0.855. The molecule has 0 saturated carbocycles. The Kier molecular flexibility index (Phi) is 1.87. The van der Waals surface area contributed by atoms with Crippen molar-refractivity contribution in [1.82, 2.24) is 19.6 Å². The van der Waals surface area contributed by atoms with Crippen molar-refractivity contribution in [3.63, 3.8) is 0 Å². The number of nitrogens with zero attached hydrogens (tertiary/aromatic N) is 3. The standard InChI is InChI=1S/C5H3BIN4O/c7-6-5-8-1-3-4(12)9-2-10-11(3)5/h1-2H,(H,9,10,12). The molecule has 0 aromatic carbocycles. The highest BCUT2D eigenvalue weighted by molar-refractivity contribution is 14.1. The summed E-state index contributed by atoms with van der Waals surface area (Å²) < 4.78 is 1.49. The van der Waals surface area contributed by atoms with Gasteiger partial charge >= 0.3 is 0 Å². The normalized spacial score (nSPS) is 10.4. The van der Waals surface area contributed by atoms with E-state index in [1.807, 2.05) is 22.4 Å². The molecule has 1 radical (unpaired) electrons. The van der Waals surface area contributed by atoms with Crippen molar-refractivity contribution in [3.05, 3.63) is 22.9 Å². The number of aromatic nitrogens is 4. The fourth-order valence-electron chi connectivity index (χ4n) is 0.930. The maximum absolute atomic E-state index is 11.1. The van der Waals surface area contributed by atoms with E-state index in [2.05, 4.69) is 15.1 Å². The summed E-state index contributed by atoms with van der Waals surface area (Å²) in [6.07, 6.45) is 2.84. The van der Waals surface area contributed by atoms with Crippen LogP contribution in [0.5, 0.6) is 0 Å². The summed E-state index contributed by atoms with van der Waals surface area (Å²) in [6, 6.07) is 0. The van der Waals surface area contributed by atoms with Crippen molar-refractivity contribution in [2.45, 2.75) is 0 Å². The summed E-state index contributed by atoms with van der Waals surface area (Å²) in [5, 5.41) is 5.70. The number of aromatic amines is 1. The van der Waals surface area contributed by atoms with E-state index < -0.39 is 0 Å². The van der Waals surface area contributed by atoms with Gasteiger partial charge in [-0.3, -0.25) is 4.79 Å². The third-order valence-corrected chi connectivity index (χ3v) is 2.02. The molecule has 5 nitrogen and oxygen atoms in total. The van der Waals surface area contributed by atoms with Crippen LogP contribution < -0.4 is 11.3 Å². The molecular weight excluding hydrogens is 270 g/mol. The minimum atomic E-state index is -0.179. The molecule has 12 heavy (non-hydrogen) atoms. The molecule has 0 fully saturated rings. The van der Waals surface area contributed by atoms with Gasteiger partial charge in [-0.05, 0) is 0 Å². The lowest BCUT2D eigenvalue weighted by Crippen LogP contribution is -2.22. The number of imidazole rings is 1. The summed E-state index contributed by atoms with van der Waals surface area (Å²) in [6.45, 7) is 0. The van der Waals surface area contributed by atoms with E-state index in [4.69, 9.17) is 0 Å². The molecule has 2 aromatic heterocycles. The highest BCUT2D eigenvalue weighted by Gasteiger charge is 2.05. The van der Waals surface area contributed by atoms with E-state index in [0.717, 1.165) is 0 Å². The van der Waals surface area contributed by atoms with Gasteiger partial charge in [-0.2, -0.15) is 5.10 Å². The van der Waals surface area contributed by atoms with Crippen molar-refractivity contribution in [2.24, 2.45) is 0 Å². The maximum Gasteiger partial charge on any atom is 0.289 e. The average Bonchev–Trinajstić information content (AvgIpc) is 2.49. The monoisotopic (exact) mass is 273 g/mol. The molecule has 2 aromatic rings. The molecule has 0 aliphatic heterocycles. The first-order valence-corrected chi connectivity index (χ1v) is 4.42. The van der Waals surface area contributed by atoms with Crippen LogP contribution in [0.15, 0.2) is 17.3 Å². The van der Waals surface area contributed by atoms with Crippen LogP contribution in [-0.2, 0) is 0 Å². The number of hydrogen-bond acceptors (Lipinski definition) is 3. The van der Waals surface area contributed by atoms with Crippen LogP contribution in [0.2, 0.25) is 0 Å². The van der Waals surface area contributed by atoms with E-state index in [-0.39, 0.29) is 5.56 Å². The third kappa shape index (κ3) is 1.04. The summed E-state index contributed by atoms with van der Waals surface area (Å²) in [5.74, 6) is 0. The fraction of sp³-hybridized carbons (Fsp3) is 0. The van der Waals surface area contributed by atoms with Gasteiger partial charge in [0.25, 0.3) is 10.7 Å². The minimum Gasteiger partial charge on any atom is -0.310 e. The summed E-state index contributed by atoms with van der Waals surface area (Å²) in [5.41, 5.74) is 0.944. The topological polar surface area (TPSA) is 63.0 Å². The van der Waals surface area contributed by atoms with E-state index in [1.165, 1.54) is 17.0 Å². The van der Waals surface area contributed by atoms with Crippen LogP contribution in [0, 0.1) is 0 Å². The number of fused-ring (bicyclic) bond motifs is 1. The predicted molar refractivity (Wildman–Crippen MR) is 53.0 cm³/mol. The number of rotatable bonds is 1. The van der Waals surface area contributed by atoms with Gasteiger partial charge in [0.15, 0.2) is 0 Å². The van der Waals surface area contributed by atoms with E-state index in [1.54, 1.807) is 5.14 Å². The second-order valence-electron chi connectivity index (χ2n) is 2.14. The molecule has 7 heteroatoms. The third-order valence-electron chi connectivity index (χ3n) is 1.46. The molecule has 0 bridgehead atoms. The van der Waals surface area contributed by atoms with Crippen molar-refractivity contribution in [2.75, 3.05) is 0 Å². The van der Waals surface area contributed by atoms with Crippen molar-refractivity contribution in [1.29, 1.82) is 0 Å². The number of halogens is 1. The zero-order chi connectivity index (χ0) is 8.55. The molecule has 0 atom stereocenters. The Morgan fingerprint density at radius 3 is 3.25 bits per heavy atom. The highest BCUT2D eigenvalue weighted by Crippen LogP contribution is 1.88. The quantitative estimate of drug-likeness (QED) is 0.541. The largest absolute Gasteiger partial charge is 0.310 e. The second-order valence-corrected chi connectivity index (χ2v) is 2.76. The number of hydrogen-bond donors (Lipinski definition) is 1. The molecular formula is C5H3BIN4O. The fourth-order valence-corrected chi connectivity index (χ4v) is 1.35.